The molecular weight excluding hydrogens is 474 g/mol. The van der Waals surface area contributed by atoms with Crippen molar-refractivity contribution in [2.45, 2.75) is 18.8 Å². The molecule has 1 amide bonds. The molecule has 34 heavy (non-hydrogen) atoms. The maximum absolute atomic E-state index is 12.1. The van der Waals surface area contributed by atoms with Crippen LogP contribution in [0.15, 0.2) is 75.4 Å². The van der Waals surface area contributed by atoms with Crippen molar-refractivity contribution in [1.29, 1.82) is 0 Å². The van der Waals surface area contributed by atoms with Crippen molar-refractivity contribution in [3.8, 4) is 11.5 Å². The summed E-state index contributed by atoms with van der Waals surface area (Å²) < 4.78 is 16.9. The van der Waals surface area contributed by atoms with Gasteiger partial charge in [-0.05, 0) is 42.3 Å². The zero-order valence-electron chi connectivity index (χ0n) is 18.6. The molecule has 0 aliphatic heterocycles. The van der Waals surface area contributed by atoms with E-state index >= 15 is 0 Å². The lowest BCUT2D eigenvalue weighted by atomic mass is 10.1. The number of nitrogens with zero attached hydrogens (tertiary/aromatic N) is 2. The molecule has 0 bridgehead atoms. The van der Waals surface area contributed by atoms with Crippen molar-refractivity contribution in [1.82, 2.24) is 10.4 Å². The summed E-state index contributed by atoms with van der Waals surface area (Å²) >= 11 is 7.62. The first kappa shape index (κ1) is 23.7. The summed E-state index contributed by atoms with van der Waals surface area (Å²) in [5.74, 6) is 0.735. The van der Waals surface area contributed by atoms with E-state index < -0.39 is 0 Å². The van der Waals surface area contributed by atoms with E-state index in [1.165, 1.54) is 30.6 Å². The average Bonchev–Trinajstić information content (AvgIpc) is 3.26. The van der Waals surface area contributed by atoms with Crippen LogP contribution in [0.25, 0.3) is 11.1 Å². The number of rotatable bonds is 9. The van der Waals surface area contributed by atoms with Gasteiger partial charge in [-0.2, -0.15) is 5.10 Å². The molecule has 0 atom stereocenters. The molecule has 0 aliphatic rings. The van der Waals surface area contributed by atoms with Gasteiger partial charge in [0.05, 0.1) is 24.1 Å². The van der Waals surface area contributed by atoms with E-state index in [1.54, 1.807) is 12.1 Å². The molecule has 0 aliphatic carbocycles. The predicted octanol–water partition coefficient (Wildman–Crippen LogP) is 5.62. The lowest BCUT2D eigenvalue weighted by Crippen LogP contribution is -2.19. The molecule has 0 spiro atoms. The van der Waals surface area contributed by atoms with Crippen molar-refractivity contribution in [2.24, 2.45) is 5.10 Å². The molecule has 0 fully saturated rings. The molecule has 0 saturated heterocycles. The minimum atomic E-state index is -0.292. The number of para-hydroxylation sites is 2. The molecule has 9 heteroatoms. The van der Waals surface area contributed by atoms with Crippen LogP contribution in [0.3, 0.4) is 0 Å². The second kappa shape index (κ2) is 11.1. The second-order valence-corrected chi connectivity index (χ2v) is 8.67. The highest BCUT2D eigenvalue weighted by molar-refractivity contribution is 7.99. The zero-order valence-corrected chi connectivity index (χ0v) is 20.2. The Balaban J connectivity index is 1.33. The van der Waals surface area contributed by atoms with E-state index in [1.807, 2.05) is 55.5 Å². The third kappa shape index (κ3) is 6.09. The highest BCUT2D eigenvalue weighted by Gasteiger charge is 2.12. The fourth-order valence-electron chi connectivity index (χ4n) is 3.05. The van der Waals surface area contributed by atoms with Crippen LogP contribution in [0.2, 0.25) is 5.02 Å². The number of carbonyl (C=O) groups is 1. The summed E-state index contributed by atoms with van der Waals surface area (Å²) in [6.07, 6.45) is 1.49. The molecule has 0 radical (unpaired) electrons. The van der Waals surface area contributed by atoms with Crippen LogP contribution in [0, 0.1) is 6.92 Å². The normalized spacial score (nSPS) is 11.1. The Kier molecular flexibility index (Phi) is 7.72. The van der Waals surface area contributed by atoms with Gasteiger partial charge in [-0.15, -0.1) is 0 Å². The Hall–Kier alpha value is -3.49. The van der Waals surface area contributed by atoms with Gasteiger partial charge in [-0.3, -0.25) is 4.79 Å². The fraction of sp³-hybridized carbons (Fsp3) is 0.160. The number of hydrazone groups is 1. The van der Waals surface area contributed by atoms with Gasteiger partial charge >= 0.3 is 0 Å². The number of benzene rings is 3. The van der Waals surface area contributed by atoms with Crippen molar-refractivity contribution in [2.75, 3.05) is 12.9 Å². The van der Waals surface area contributed by atoms with E-state index in [2.05, 4.69) is 15.5 Å². The monoisotopic (exact) mass is 495 g/mol. The number of thioether (sulfide) groups is 1. The maximum Gasteiger partial charge on any atom is 0.257 e. The standard InChI is InChI=1S/C25H22ClN3O4S/c1-16-7-9-17(10-8-16)14-32-24-19(26)11-18(12-22(24)31-2)13-27-29-23(30)15-34-25-28-20-5-3-4-6-21(20)33-25/h3-13H,14-15H2,1-2H3,(H,29,30)/b27-13-. The largest absolute Gasteiger partial charge is 0.493 e. The van der Waals surface area contributed by atoms with Crippen molar-refractivity contribution in [3.05, 3.63) is 82.4 Å². The van der Waals surface area contributed by atoms with E-state index in [9.17, 15) is 4.79 Å². The van der Waals surface area contributed by atoms with Gasteiger partial charge in [0, 0.05) is 0 Å². The third-order valence-electron chi connectivity index (χ3n) is 4.76. The van der Waals surface area contributed by atoms with Crippen molar-refractivity contribution >= 4 is 46.6 Å². The number of halogens is 1. The number of ether oxygens (including phenoxy) is 2. The van der Waals surface area contributed by atoms with Crippen LogP contribution in [-0.2, 0) is 11.4 Å². The number of aromatic nitrogens is 1. The molecule has 4 rings (SSSR count). The van der Waals surface area contributed by atoms with E-state index in [-0.39, 0.29) is 11.7 Å². The Labute approximate surface area is 206 Å². The molecule has 7 nitrogen and oxygen atoms in total. The van der Waals surface area contributed by atoms with Crippen LogP contribution < -0.4 is 14.9 Å². The molecule has 4 aromatic rings. The number of amides is 1. The summed E-state index contributed by atoms with van der Waals surface area (Å²) in [6, 6.07) is 18.9. The van der Waals surface area contributed by atoms with E-state index in [0.717, 1.165) is 11.1 Å². The minimum absolute atomic E-state index is 0.111. The van der Waals surface area contributed by atoms with Crippen LogP contribution in [0.5, 0.6) is 11.5 Å². The zero-order chi connectivity index (χ0) is 23.9. The Morgan fingerprint density at radius 2 is 2.00 bits per heavy atom. The number of aryl methyl sites for hydroxylation is 1. The van der Waals surface area contributed by atoms with Crippen LogP contribution in [0.4, 0.5) is 0 Å². The summed E-state index contributed by atoms with van der Waals surface area (Å²) in [5, 5.41) is 4.81. The lowest BCUT2D eigenvalue weighted by molar-refractivity contribution is -0.118. The summed E-state index contributed by atoms with van der Waals surface area (Å²) in [6.45, 7) is 2.39. The quantitative estimate of drug-likeness (QED) is 0.184. The smallest absolute Gasteiger partial charge is 0.257 e. The summed E-state index contributed by atoms with van der Waals surface area (Å²) in [5.41, 5.74) is 6.77. The van der Waals surface area contributed by atoms with Gasteiger partial charge in [0.2, 0.25) is 0 Å². The number of oxazole rings is 1. The van der Waals surface area contributed by atoms with E-state index in [0.29, 0.717) is 39.5 Å². The number of carbonyl (C=O) groups excluding carboxylic acids is 1. The number of hydrogen-bond acceptors (Lipinski definition) is 7. The van der Waals surface area contributed by atoms with Crippen LogP contribution in [-0.4, -0.2) is 30.0 Å². The van der Waals surface area contributed by atoms with Gasteiger partial charge in [0.15, 0.2) is 17.1 Å². The first-order valence-electron chi connectivity index (χ1n) is 10.4. The van der Waals surface area contributed by atoms with Gasteiger partial charge < -0.3 is 13.9 Å². The molecule has 0 unspecified atom stereocenters. The molecule has 1 heterocycles. The average molecular weight is 496 g/mol. The molecule has 174 valence electrons. The second-order valence-electron chi connectivity index (χ2n) is 7.34. The topological polar surface area (TPSA) is 86.0 Å². The summed E-state index contributed by atoms with van der Waals surface area (Å²) in [7, 11) is 1.54. The van der Waals surface area contributed by atoms with Crippen molar-refractivity contribution < 1.29 is 18.7 Å². The van der Waals surface area contributed by atoms with Crippen LogP contribution in [0.1, 0.15) is 16.7 Å². The third-order valence-corrected chi connectivity index (χ3v) is 5.87. The Bertz CT molecular complexity index is 1290. The number of methoxy groups -OCH3 is 1. The summed E-state index contributed by atoms with van der Waals surface area (Å²) in [4.78, 5) is 16.4. The Morgan fingerprint density at radius 1 is 1.21 bits per heavy atom. The Morgan fingerprint density at radius 3 is 2.76 bits per heavy atom. The SMILES string of the molecule is COc1cc(/C=N\NC(=O)CSc2nc3ccccc3o2)cc(Cl)c1OCc1ccc(C)cc1. The van der Waals surface area contributed by atoms with Gasteiger partial charge in [-0.25, -0.2) is 10.4 Å². The van der Waals surface area contributed by atoms with Gasteiger partial charge in [0.1, 0.15) is 12.1 Å². The highest BCUT2D eigenvalue weighted by atomic mass is 35.5. The molecule has 1 N–H and O–H groups in total. The maximum atomic E-state index is 12.1. The minimum Gasteiger partial charge on any atom is -0.493 e. The van der Waals surface area contributed by atoms with Gasteiger partial charge in [-0.1, -0.05) is 65.3 Å². The highest BCUT2D eigenvalue weighted by Crippen LogP contribution is 2.36. The number of fused-ring (bicyclic) bond motifs is 1. The predicted molar refractivity (Wildman–Crippen MR) is 134 cm³/mol. The molecular formula is C25H22ClN3O4S. The first-order valence-corrected chi connectivity index (χ1v) is 11.7. The molecule has 3 aromatic carbocycles. The first-order chi connectivity index (χ1) is 16.5. The van der Waals surface area contributed by atoms with Gasteiger partial charge in [0.25, 0.3) is 11.1 Å². The number of nitrogens with one attached hydrogen (secondary N) is 1. The number of hydrogen-bond donors (Lipinski definition) is 1. The van der Waals surface area contributed by atoms with E-state index in [4.69, 9.17) is 25.5 Å². The molecule has 1 aromatic heterocycles. The lowest BCUT2D eigenvalue weighted by Gasteiger charge is -2.13. The molecule has 0 saturated carbocycles. The van der Waals surface area contributed by atoms with Crippen LogP contribution >= 0.6 is 23.4 Å². The fourth-order valence-corrected chi connectivity index (χ4v) is 3.95. The van der Waals surface area contributed by atoms with Crippen molar-refractivity contribution in [3.63, 3.8) is 0 Å².